The molecule has 7 nitrogen and oxygen atoms in total. The highest BCUT2D eigenvalue weighted by Gasteiger charge is 2.28. The summed E-state index contributed by atoms with van der Waals surface area (Å²) in [7, 11) is 0. The van der Waals surface area contributed by atoms with Gasteiger partial charge in [0.15, 0.2) is 5.79 Å². The molecule has 186 valence electrons. The summed E-state index contributed by atoms with van der Waals surface area (Å²) in [6.07, 6.45) is 1.62. The van der Waals surface area contributed by atoms with Crippen LogP contribution >= 0.6 is 11.6 Å². The van der Waals surface area contributed by atoms with Crippen molar-refractivity contribution in [3.63, 3.8) is 0 Å². The Morgan fingerprint density at radius 2 is 1.91 bits per heavy atom. The third-order valence-electron chi connectivity index (χ3n) is 6.11. The molecule has 35 heavy (non-hydrogen) atoms. The molecule has 4 rings (SSSR count). The van der Waals surface area contributed by atoms with E-state index in [4.69, 9.17) is 30.5 Å². The van der Waals surface area contributed by atoms with Gasteiger partial charge in [-0.15, -0.1) is 0 Å². The molecule has 1 N–H and O–H groups in total. The number of guanidine groups is 1. The van der Waals surface area contributed by atoms with Crippen molar-refractivity contribution in [2.45, 2.75) is 46.4 Å². The topological polar surface area (TPSA) is 76.3 Å². The number of furan rings is 1. The molecule has 1 aromatic heterocycles. The van der Waals surface area contributed by atoms with Crippen LogP contribution in [0.15, 0.2) is 51.9 Å². The van der Waals surface area contributed by atoms with E-state index in [-0.39, 0.29) is 5.92 Å². The number of aliphatic imine (C=N–C) groups is 1. The number of benzene rings is 2. The minimum atomic E-state index is -0.583. The van der Waals surface area contributed by atoms with Crippen LogP contribution in [0.2, 0.25) is 5.02 Å². The fraction of sp³-hybridized carbons (Fsp3) is 0.407. The second kappa shape index (κ2) is 10.8. The smallest absolute Gasteiger partial charge is 0.216 e. The maximum Gasteiger partial charge on any atom is 0.216 e. The van der Waals surface area contributed by atoms with Gasteiger partial charge in [0, 0.05) is 28.4 Å². The highest BCUT2D eigenvalue weighted by Crippen LogP contribution is 2.28. The summed E-state index contributed by atoms with van der Waals surface area (Å²) in [6, 6.07) is 13.3. The van der Waals surface area contributed by atoms with Crippen molar-refractivity contribution in [3.05, 3.63) is 64.4 Å². The Kier molecular flexibility index (Phi) is 7.79. The second-order valence-corrected chi connectivity index (χ2v) is 9.69. The summed E-state index contributed by atoms with van der Waals surface area (Å²) >= 11 is 6.03. The second-order valence-electron chi connectivity index (χ2n) is 9.25. The summed E-state index contributed by atoms with van der Waals surface area (Å²) < 4.78 is 17.5. The molecule has 1 aliphatic heterocycles. The Bertz CT molecular complexity index is 1190. The zero-order chi connectivity index (χ0) is 25.0. The first-order valence-electron chi connectivity index (χ1n) is 11.9. The van der Waals surface area contributed by atoms with Crippen molar-refractivity contribution in [1.29, 1.82) is 0 Å². The van der Waals surface area contributed by atoms with Crippen LogP contribution in [0.25, 0.3) is 11.0 Å². The molecular formula is C27H32ClN3O4. The fourth-order valence-electron chi connectivity index (χ4n) is 4.01. The molecule has 2 heterocycles. The molecule has 0 aliphatic carbocycles. The van der Waals surface area contributed by atoms with Gasteiger partial charge in [0.1, 0.15) is 11.3 Å². The van der Waals surface area contributed by atoms with Gasteiger partial charge in [0.05, 0.1) is 26.3 Å². The van der Waals surface area contributed by atoms with E-state index in [1.807, 2.05) is 56.3 Å². The van der Waals surface area contributed by atoms with E-state index >= 15 is 0 Å². The number of halogens is 1. The number of hydrogen-bond donors (Lipinski definition) is 1. The monoisotopic (exact) mass is 497 g/mol. The lowest BCUT2D eigenvalue weighted by atomic mass is 10.1. The van der Waals surface area contributed by atoms with Gasteiger partial charge in [-0.1, -0.05) is 30.7 Å². The Balaban J connectivity index is 1.59. The van der Waals surface area contributed by atoms with Crippen molar-refractivity contribution in [2.24, 2.45) is 10.9 Å². The molecule has 3 aromatic rings. The molecule has 1 saturated heterocycles. The minimum Gasteiger partial charge on any atom is -0.461 e. The Morgan fingerprint density at radius 1 is 1.20 bits per heavy atom. The predicted octanol–water partition coefficient (Wildman–Crippen LogP) is 5.78. The standard InChI is InChI=1S/C27H32ClN3O4/c1-5-24-18(2)23-12-22(10-11-25(23)35-24)30-26(29-13-20-15-33-27(3,4)34-16-20)31(17-32)14-19-6-8-21(28)9-7-19/h6-12,17,20H,5,13-16H2,1-4H3,(H,29,30). The number of hydrogen-bond acceptors (Lipinski definition) is 5. The number of anilines is 1. The zero-order valence-electron chi connectivity index (χ0n) is 20.6. The molecule has 2 aromatic carbocycles. The lowest BCUT2D eigenvalue weighted by molar-refractivity contribution is -0.260. The maximum absolute atomic E-state index is 12.2. The first-order chi connectivity index (χ1) is 16.8. The number of aryl methyl sites for hydroxylation is 2. The van der Waals surface area contributed by atoms with Crippen LogP contribution < -0.4 is 5.32 Å². The molecule has 1 fully saturated rings. The number of nitrogens with zero attached hydrogens (tertiary/aromatic N) is 2. The average molecular weight is 498 g/mol. The van der Waals surface area contributed by atoms with E-state index in [1.54, 1.807) is 4.90 Å². The quantitative estimate of drug-likeness (QED) is 0.254. The van der Waals surface area contributed by atoms with Crippen molar-refractivity contribution < 1.29 is 18.7 Å². The highest BCUT2D eigenvalue weighted by atomic mass is 35.5. The molecule has 0 atom stereocenters. The number of ether oxygens (including phenoxy) is 2. The highest BCUT2D eigenvalue weighted by molar-refractivity contribution is 6.30. The van der Waals surface area contributed by atoms with Crippen molar-refractivity contribution in [3.8, 4) is 0 Å². The van der Waals surface area contributed by atoms with Crippen LogP contribution in [0.3, 0.4) is 0 Å². The van der Waals surface area contributed by atoms with Crippen molar-refractivity contribution in [1.82, 2.24) is 4.90 Å². The molecule has 0 unspecified atom stereocenters. The van der Waals surface area contributed by atoms with Gasteiger partial charge >= 0.3 is 0 Å². The van der Waals surface area contributed by atoms with Crippen LogP contribution in [0, 0.1) is 12.8 Å². The summed E-state index contributed by atoms with van der Waals surface area (Å²) in [4.78, 5) is 18.5. The van der Waals surface area contributed by atoms with Gasteiger partial charge in [-0.3, -0.25) is 14.7 Å². The minimum absolute atomic E-state index is 0.0922. The summed E-state index contributed by atoms with van der Waals surface area (Å²) in [5.74, 6) is 0.939. The van der Waals surface area contributed by atoms with E-state index in [0.29, 0.717) is 37.3 Å². The first kappa shape index (κ1) is 25.2. The average Bonchev–Trinajstić information content (AvgIpc) is 3.17. The molecule has 1 amide bonds. The number of amides is 1. The fourth-order valence-corrected chi connectivity index (χ4v) is 4.14. The lowest BCUT2D eigenvalue weighted by Gasteiger charge is -2.34. The SMILES string of the molecule is CCc1oc2ccc(NC(=NCC3COC(C)(C)OC3)N(C=O)Cc3ccc(Cl)cc3)cc2c1C. The van der Waals surface area contributed by atoms with Crippen LogP contribution in [0.5, 0.6) is 0 Å². The van der Waals surface area contributed by atoms with Crippen molar-refractivity contribution >= 4 is 40.6 Å². The van der Waals surface area contributed by atoms with Crippen molar-refractivity contribution in [2.75, 3.05) is 25.1 Å². The number of carbonyl (C=O) groups excluding carboxylic acids is 1. The zero-order valence-corrected chi connectivity index (χ0v) is 21.4. The van der Waals surface area contributed by atoms with Crippen LogP contribution in [-0.2, 0) is 27.2 Å². The van der Waals surface area contributed by atoms with E-state index in [0.717, 1.165) is 46.4 Å². The Morgan fingerprint density at radius 3 is 2.57 bits per heavy atom. The van der Waals surface area contributed by atoms with Gasteiger partial charge in [-0.05, 0) is 62.2 Å². The number of fused-ring (bicyclic) bond motifs is 1. The number of carbonyl (C=O) groups is 1. The van der Waals surface area contributed by atoms with Gasteiger partial charge in [-0.2, -0.15) is 0 Å². The first-order valence-corrected chi connectivity index (χ1v) is 12.2. The van der Waals surface area contributed by atoms with Gasteiger partial charge < -0.3 is 19.2 Å². The molecule has 8 heteroatoms. The summed E-state index contributed by atoms with van der Waals surface area (Å²) in [5.41, 5.74) is 3.73. The van der Waals surface area contributed by atoms with E-state index in [2.05, 4.69) is 19.2 Å². The lowest BCUT2D eigenvalue weighted by Crippen LogP contribution is -2.41. The number of nitrogens with one attached hydrogen (secondary N) is 1. The van der Waals surface area contributed by atoms with Gasteiger partial charge in [0.2, 0.25) is 12.4 Å². The maximum atomic E-state index is 12.2. The molecule has 0 spiro atoms. The number of rotatable bonds is 7. The third-order valence-corrected chi connectivity index (χ3v) is 6.36. The predicted molar refractivity (Wildman–Crippen MR) is 139 cm³/mol. The largest absolute Gasteiger partial charge is 0.461 e. The molecule has 0 saturated carbocycles. The Hall–Kier alpha value is -2.87. The summed E-state index contributed by atoms with van der Waals surface area (Å²) in [5, 5.41) is 5.05. The van der Waals surface area contributed by atoms with Crippen LogP contribution in [-0.4, -0.2) is 42.8 Å². The van der Waals surface area contributed by atoms with E-state index in [1.165, 1.54) is 0 Å². The van der Waals surface area contributed by atoms with E-state index in [9.17, 15) is 4.79 Å². The molecule has 1 aliphatic rings. The summed E-state index contributed by atoms with van der Waals surface area (Å²) in [6.45, 7) is 9.83. The molecule has 0 bridgehead atoms. The van der Waals surface area contributed by atoms with Gasteiger partial charge in [-0.25, -0.2) is 0 Å². The molecular weight excluding hydrogens is 466 g/mol. The Labute approximate surface area is 211 Å². The molecule has 0 radical (unpaired) electrons. The normalized spacial score (nSPS) is 16.4. The van der Waals surface area contributed by atoms with Crippen LogP contribution in [0.1, 0.15) is 37.7 Å². The van der Waals surface area contributed by atoms with Gasteiger partial charge in [0.25, 0.3) is 0 Å². The van der Waals surface area contributed by atoms with E-state index < -0.39 is 5.79 Å². The third kappa shape index (κ3) is 6.23. The van der Waals surface area contributed by atoms with Crippen LogP contribution in [0.4, 0.5) is 5.69 Å².